The first-order valence-electron chi connectivity index (χ1n) is 9.90. The molecule has 4 atom stereocenters. The molecule has 12 nitrogen and oxygen atoms in total. The lowest BCUT2D eigenvalue weighted by atomic mass is 10.1. The number of unbranched alkanes of at least 4 members (excludes halogenated alkanes) is 1. The Morgan fingerprint density at radius 2 is 1.76 bits per heavy atom. The molecule has 13 heteroatoms. The minimum atomic E-state index is -1.27. The van der Waals surface area contributed by atoms with Gasteiger partial charge in [0.15, 0.2) is 18.4 Å². The molecule has 2 rings (SSSR count). The average Bonchev–Trinajstić information content (AvgIpc) is 3.30. The van der Waals surface area contributed by atoms with E-state index < -0.39 is 48.4 Å². The molecular formula is C20H24ClN3O9. The van der Waals surface area contributed by atoms with E-state index in [1.807, 2.05) is 0 Å². The van der Waals surface area contributed by atoms with Crippen molar-refractivity contribution >= 4 is 35.5 Å². The van der Waals surface area contributed by atoms with E-state index in [9.17, 15) is 19.2 Å². The first-order valence-corrected chi connectivity index (χ1v) is 10.4. The smallest absolute Gasteiger partial charge is 0.375 e. The van der Waals surface area contributed by atoms with Gasteiger partial charge in [-0.15, -0.1) is 16.7 Å². The van der Waals surface area contributed by atoms with Crippen molar-refractivity contribution in [3.05, 3.63) is 11.6 Å². The quantitative estimate of drug-likeness (QED) is 0.169. The lowest BCUT2D eigenvalue weighted by Gasteiger charge is -2.23. The third-order valence-electron chi connectivity index (χ3n) is 4.22. The van der Waals surface area contributed by atoms with Gasteiger partial charge in [-0.05, 0) is 12.3 Å². The monoisotopic (exact) mass is 485 g/mol. The number of hydrogen-bond donors (Lipinski definition) is 0. The Bertz CT molecular complexity index is 952. The molecule has 0 radical (unpaired) electrons. The topological polar surface area (TPSA) is 145 Å². The van der Waals surface area contributed by atoms with E-state index in [2.05, 4.69) is 21.9 Å². The summed E-state index contributed by atoms with van der Waals surface area (Å²) in [6.45, 7) is 3.19. The highest BCUT2D eigenvalue weighted by molar-refractivity contribution is 6.17. The maximum atomic E-state index is 12.3. The van der Waals surface area contributed by atoms with Crippen LogP contribution >= 0.6 is 11.6 Å². The predicted molar refractivity (Wildman–Crippen MR) is 110 cm³/mol. The van der Waals surface area contributed by atoms with Crippen LogP contribution in [0.3, 0.4) is 0 Å². The summed E-state index contributed by atoms with van der Waals surface area (Å²) in [7, 11) is 1.15. The molecule has 0 aromatic carbocycles. The molecule has 2 heterocycles. The zero-order chi connectivity index (χ0) is 24.5. The summed E-state index contributed by atoms with van der Waals surface area (Å²) < 4.78 is 27.3. The van der Waals surface area contributed by atoms with Gasteiger partial charge in [-0.2, -0.15) is 4.98 Å². The number of rotatable bonds is 8. The van der Waals surface area contributed by atoms with Gasteiger partial charge in [-0.25, -0.2) is 9.48 Å². The van der Waals surface area contributed by atoms with Crippen molar-refractivity contribution in [2.75, 3.05) is 19.6 Å². The number of nitrogens with zero attached hydrogens (tertiary/aromatic N) is 3. The second kappa shape index (κ2) is 12.2. The van der Waals surface area contributed by atoms with Crippen molar-refractivity contribution < 1.29 is 42.9 Å². The summed E-state index contributed by atoms with van der Waals surface area (Å²) in [6.07, 6.45) is -3.56. The van der Waals surface area contributed by atoms with Gasteiger partial charge in [0.05, 0.1) is 7.11 Å². The molecule has 0 N–H and O–H groups in total. The molecule has 0 spiro atoms. The lowest BCUT2D eigenvalue weighted by molar-refractivity contribution is -0.166. The predicted octanol–water partition coefficient (Wildman–Crippen LogP) is 0.759. The second-order valence-corrected chi connectivity index (χ2v) is 7.18. The number of methoxy groups -OCH3 is 1. The van der Waals surface area contributed by atoms with Crippen molar-refractivity contribution in [3.63, 3.8) is 0 Å². The fourth-order valence-corrected chi connectivity index (χ4v) is 3.10. The highest BCUT2D eigenvalue weighted by Crippen LogP contribution is 2.34. The largest absolute Gasteiger partial charge is 0.463 e. The van der Waals surface area contributed by atoms with Crippen LogP contribution in [0.1, 0.15) is 56.3 Å². The van der Waals surface area contributed by atoms with Gasteiger partial charge in [-0.3, -0.25) is 14.4 Å². The molecule has 0 aliphatic carbocycles. The molecule has 1 aliphatic rings. The zero-order valence-corrected chi connectivity index (χ0v) is 19.3. The van der Waals surface area contributed by atoms with Gasteiger partial charge in [-0.1, -0.05) is 5.92 Å². The first kappa shape index (κ1) is 26.1. The SMILES string of the molecule is COC(=O)c1nc(C#CCCCCl)nn1[C@@H]1O[C@H](COC(C)=O)[C@@H](OC(C)=O)[C@H]1OC(C)=O. The summed E-state index contributed by atoms with van der Waals surface area (Å²) in [4.78, 5) is 51.2. The van der Waals surface area contributed by atoms with Crippen LogP contribution in [0.2, 0.25) is 0 Å². The number of ether oxygens (including phenoxy) is 5. The number of aromatic nitrogens is 3. The van der Waals surface area contributed by atoms with E-state index in [1.54, 1.807) is 0 Å². The van der Waals surface area contributed by atoms with Crippen LogP contribution < -0.4 is 0 Å². The summed E-state index contributed by atoms with van der Waals surface area (Å²) >= 11 is 5.64. The van der Waals surface area contributed by atoms with Crippen molar-refractivity contribution in [2.45, 2.75) is 58.2 Å². The third kappa shape index (κ3) is 7.16. The van der Waals surface area contributed by atoms with Gasteiger partial charge in [0.2, 0.25) is 11.6 Å². The Morgan fingerprint density at radius 1 is 1.09 bits per heavy atom. The number of carbonyl (C=O) groups is 4. The summed E-state index contributed by atoms with van der Waals surface area (Å²) in [5.74, 6) is 2.84. The van der Waals surface area contributed by atoms with Gasteiger partial charge in [0, 0.05) is 33.1 Å². The van der Waals surface area contributed by atoms with Crippen LogP contribution in [0.25, 0.3) is 0 Å². The molecule has 33 heavy (non-hydrogen) atoms. The minimum Gasteiger partial charge on any atom is -0.463 e. The fraction of sp³-hybridized carbons (Fsp3) is 0.600. The van der Waals surface area contributed by atoms with E-state index in [0.29, 0.717) is 18.7 Å². The van der Waals surface area contributed by atoms with Crippen LogP contribution in [0.5, 0.6) is 0 Å². The molecule has 1 aliphatic heterocycles. The van der Waals surface area contributed by atoms with Crippen LogP contribution in [-0.2, 0) is 38.1 Å². The molecule has 0 unspecified atom stereocenters. The molecule has 1 saturated heterocycles. The van der Waals surface area contributed by atoms with E-state index >= 15 is 0 Å². The van der Waals surface area contributed by atoms with Crippen LogP contribution in [0.15, 0.2) is 0 Å². The van der Waals surface area contributed by atoms with Crippen LogP contribution in [0, 0.1) is 11.8 Å². The summed E-state index contributed by atoms with van der Waals surface area (Å²) in [6, 6.07) is 0. The van der Waals surface area contributed by atoms with E-state index in [1.165, 1.54) is 6.92 Å². The Hall–Kier alpha value is -3.17. The van der Waals surface area contributed by atoms with E-state index in [0.717, 1.165) is 25.6 Å². The van der Waals surface area contributed by atoms with Crippen LogP contribution in [-0.4, -0.2) is 76.6 Å². The maximum absolute atomic E-state index is 12.3. The Kier molecular flexibility index (Phi) is 9.62. The zero-order valence-electron chi connectivity index (χ0n) is 18.5. The number of alkyl halides is 1. The number of hydrogen-bond acceptors (Lipinski definition) is 11. The Morgan fingerprint density at radius 3 is 2.33 bits per heavy atom. The van der Waals surface area contributed by atoms with E-state index in [4.69, 9.17) is 35.3 Å². The number of esters is 4. The van der Waals surface area contributed by atoms with Gasteiger partial charge in [0.25, 0.3) is 0 Å². The van der Waals surface area contributed by atoms with Gasteiger partial charge in [0.1, 0.15) is 12.7 Å². The minimum absolute atomic E-state index is 0.0115. The molecule has 0 amide bonds. The molecule has 1 aromatic rings. The molecular weight excluding hydrogens is 462 g/mol. The van der Waals surface area contributed by atoms with E-state index in [-0.39, 0.29) is 18.3 Å². The fourth-order valence-electron chi connectivity index (χ4n) is 2.97. The standard InChI is InChI=1S/C20H24ClN3O9/c1-11(25)30-10-14-16(31-12(2)26)17(32-13(3)27)19(33-14)24-18(20(28)29-4)22-15(23-24)8-6-5-7-9-21/h14,16-17,19H,5,7,9-10H2,1-4H3/t14-,16-,17-,19-/m1/s1. The van der Waals surface area contributed by atoms with Crippen molar-refractivity contribution in [3.8, 4) is 11.8 Å². The highest BCUT2D eigenvalue weighted by Gasteiger charge is 2.52. The molecule has 0 saturated carbocycles. The number of halogens is 1. The maximum Gasteiger partial charge on any atom is 0.375 e. The Labute approximate surface area is 194 Å². The number of carbonyl (C=O) groups excluding carboxylic acids is 4. The van der Waals surface area contributed by atoms with Gasteiger partial charge >= 0.3 is 23.9 Å². The normalized spacial score (nSPS) is 21.5. The highest BCUT2D eigenvalue weighted by atomic mass is 35.5. The molecule has 1 fully saturated rings. The molecule has 180 valence electrons. The average molecular weight is 486 g/mol. The van der Waals surface area contributed by atoms with Crippen molar-refractivity contribution in [1.82, 2.24) is 14.8 Å². The second-order valence-electron chi connectivity index (χ2n) is 6.81. The van der Waals surface area contributed by atoms with Crippen molar-refractivity contribution in [2.24, 2.45) is 0 Å². The lowest BCUT2D eigenvalue weighted by Crippen LogP contribution is -2.41. The third-order valence-corrected chi connectivity index (χ3v) is 4.48. The van der Waals surface area contributed by atoms with Crippen LogP contribution in [0.4, 0.5) is 0 Å². The van der Waals surface area contributed by atoms with Crippen molar-refractivity contribution in [1.29, 1.82) is 0 Å². The molecule has 1 aromatic heterocycles. The first-order chi connectivity index (χ1) is 15.7. The summed E-state index contributed by atoms with van der Waals surface area (Å²) in [5.41, 5.74) is 0. The molecule has 0 bridgehead atoms. The van der Waals surface area contributed by atoms with Gasteiger partial charge < -0.3 is 23.7 Å². The summed E-state index contributed by atoms with van der Waals surface area (Å²) in [5, 5.41) is 4.19. The Balaban J connectivity index is 2.49.